The van der Waals surface area contributed by atoms with Crippen molar-refractivity contribution < 1.29 is 28.1 Å². The monoisotopic (exact) mass is 622 g/mol. The number of methoxy groups -OCH3 is 2. The van der Waals surface area contributed by atoms with E-state index >= 15 is 0 Å². The van der Waals surface area contributed by atoms with E-state index in [-0.39, 0.29) is 23.6 Å². The number of thiazole rings is 1. The number of halogens is 2. The van der Waals surface area contributed by atoms with Gasteiger partial charge in [0.1, 0.15) is 24.2 Å². The zero-order valence-corrected chi connectivity index (χ0v) is 25.4. The van der Waals surface area contributed by atoms with Crippen LogP contribution in [0.3, 0.4) is 0 Å². The largest absolute Gasteiger partial charge is 0.496 e. The highest BCUT2D eigenvalue weighted by atomic mass is 35.5. The fourth-order valence-electron chi connectivity index (χ4n) is 4.80. The van der Waals surface area contributed by atoms with E-state index in [4.69, 9.17) is 30.5 Å². The topological polar surface area (TPSA) is 88.4 Å². The van der Waals surface area contributed by atoms with Crippen LogP contribution in [0.5, 0.6) is 17.2 Å². The molecule has 43 heavy (non-hydrogen) atoms. The van der Waals surface area contributed by atoms with E-state index in [1.54, 1.807) is 55.5 Å². The Morgan fingerprint density at radius 1 is 1.05 bits per heavy atom. The third kappa shape index (κ3) is 6.21. The van der Waals surface area contributed by atoms with Crippen LogP contribution < -0.4 is 29.1 Å². The van der Waals surface area contributed by atoms with Crippen molar-refractivity contribution in [2.45, 2.75) is 26.5 Å². The molecular weight excluding hydrogens is 595 g/mol. The molecular formula is C32H28ClFN2O6S. The van der Waals surface area contributed by atoms with Gasteiger partial charge >= 0.3 is 5.97 Å². The standard InChI is InChI=1S/C32H28ClFN2O6S/c1-5-41-26-14-20(8-12-25(26)42-17-19-6-10-22(34)11-7-19)15-27-30(37)36-29(23-16-21(33)9-13-24(23)39-3)28(31(38)40-4)18(2)35-32(36)43-27/h6-16,29H,5,17H2,1-4H3/b27-15-/t29-/m0/s1. The molecule has 0 radical (unpaired) electrons. The van der Waals surface area contributed by atoms with Crippen LogP contribution in [0.25, 0.3) is 6.08 Å². The Morgan fingerprint density at radius 2 is 1.79 bits per heavy atom. The lowest BCUT2D eigenvalue weighted by Crippen LogP contribution is -2.40. The number of rotatable bonds is 9. The van der Waals surface area contributed by atoms with Crippen molar-refractivity contribution in [3.63, 3.8) is 0 Å². The summed E-state index contributed by atoms with van der Waals surface area (Å²) in [5.41, 5.74) is 2.32. The molecule has 0 spiro atoms. The first-order valence-electron chi connectivity index (χ1n) is 13.3. The van der Waals surface area contributed by atoms with E-state index in [1.165, 1.54) is 42.3 Å². The Hall–Kier alpha value is -4.41. The van der Waals surface area contributed by atoms with E-state index in [1.807, 2.05) is 13.0 Å². The van der Waals surface area contributed by atoms with E-state index in [9.17, 15) is 14.0 Å². The molecule has 11 heteroatoms. The second kappa shape index (κ2) is 12.8. The lowest BCUT2D eigenvalue weighted by Gasteiger charge is -2.25. The second-order valence-electron chi connectivity index (χ2n) is 9.51. The summed E-state index contributed by atoms with van der Waals surface area (Å²) in [6, 6.07) is 15.6. The normalized spacial score (nSPS) is 14.7. The summed E-state index contributed by atoms with van der Waals surface area (Å²) in [6.45, 7) is 4.19. The molecule has 0 fully saturated rings. The van der Waals surface area contributed by atoms with Gasteiger partial charge in [-0.3, -0.25) is 9.36 Å². The smallest absolute Gasteiger partial charge is 0.338 e. The average Bonchev–Trinajstić information content (AvgIpc) is 3.30. The molecule has 4 aromatic rings. The number of carbonyl (C=O) groups excluding carboxylic acids is 1. The van der Waals surface area contributed by atoms with Gasteiger partial charge < -0.3 is 18.9 Å². The summed E-state index contributed by atoms with van der Waals surface area (Å²) in [6.07, 6.45) is 1.74. The molecule has 1 aromatic heterocycles. The van der Waals surface area contributed by atoms with Gasteiger partial charge in [0.25, 0.3) is 5.56 Å². The molecule has 8 nitrogen and oxygen atoms in total. The number of hydrogen-bond donors (Lipinski definition) is 0. The van der Waals surface area contributed by atoms with Gasteiger partial charge in [0, 0.05) is 10.6 Å². The molecule has 5 rings (SSSR count). The quantitative estimate of drug-likeness (QED) is 0.239. The predicted octanol–water partition coefficient (Wildman–Crippen LogP) is 5.19. The fourth-order valence-corrected chi connectivity index (χ4v) is 6.03. The molecule has 1 aliphatic rings. The van der Waals surface area contributed by atoms with Crippen molar-refractivity contribution in [2.75, 3.05) is 20.8 Å². The number of ether oxygens (including phenoxy) is 4. The van der Waals surface area contributed by atoms with Crippen LogP contribution >= 0.6 is 22.9 Å². The first kappa shape index (κ1) is 30.1. The highest BCUT2D eigenvalue weighted by Crippen LogP contribution is 2.37. The van der Waals surface area contributed by atoms with Crippen molar-refractivity contribution in [3.05, 3.63) is 119 Å². The van der Waals surface area contributed by atoms with Gasteiger partial charge in [-0.05, 0) is 73.5 Å². The van der Waals surface area contributed by atoms with Gasteiger partial charge in [0.15, 0.2) is 16.3 Å². The van der Waals surface area contributed by atoms with Crippen LogP contribution in [0.1, 0.15) is 36.6 Å². The molecule has 0 saturated carbocycles. The first-order chi connectivity index (χ1) is 20.7. The summed E-state index contributed by atoms with van der Waals surface area (Å²) in [5, 5.41) is 0.419. The molecule has 2 heterocycles. The Balaban J connectivity index is 1.58. The number of hydrogen-bond acceptors (Lipinski definition) is 8. The Labute approximate surface area is 255 Å². The Kier molecular flexibility index (Phi) is 8.98. The third-order valence-electron chi connectivity index (χ3n) is 6.79. The van der Waals surface area contributed by atoms with Gasteiger partial charge in [-0.25, -0.2) is 14.2 Å². The molecule has 0 bridgehead atoms. The lowest BCUT2D eigenvalue weighted by molar-refractivity contribution is -0.136. The Morgan fingerprint density at radius 3 is 2.49 bits per heavy atom. The van der Waals surface area contributed by atoms with E-state index in [2.05, 4.69) is 4.99 Å². The van der Waals surface area contributed by atoms with E-state index < -0.39 is 12.0 Å². The maximum absolute atomic E-state index is 14.0. The maximum Gasteiger partial charge on any atom is 0.338 e. The van der Waals surface area contributed by atoms with Gasteiger partial charge in [0.05, 0.1) is 36.6 Å². The number of esters is 1. The number of aromatic nitrogens is 1. The number of fused-ring (bicyclic) bond motifs is 1. The van der Waals surface area contributed by atoms with Crippen LogP contribution in [-0.4, -0.2) is 31.4 Å². The molecule has 0 unspecified atom stereocenters. The van der Waals surface area contributed by atoms with Crippen molar-refractivity contribution in [3.8, 4) is 17.2 Å². The zero-order valence-electron chi connectivity index (χ0n) is 23.9. The van der Waals surface area contributed by atoms with Crippen molar-refractivity contribution >= 4 is 35.0 Å². The number of benzene rings is 3. The van der Waals surface area contributed by atoms with E-state index in [0.29, 0.717) is 55.0 Å². The average molecular weight is 623 g/mol. The van der Waals surface area contributed by atoms with E-state index in [0.717, 1.165) is 5.56 Å². The highest BCUT2D eigenvalue weighted by molar-refractivity contribution is 7.07. The summed E-state index contributed by atoms with van der Waals surface area (Å²) >= 11 is 7.54. The molecule has 1 atom stereocenters. The van der Waals surface area contributed by atoms with Gasteiger partial charge in [0.2, 0.25) is 0 Å². The summed E-state index contributed by atoms with van der Waals surface area (Å²) in [5.74, 6) is 0.536. The number of carbonyl (C=O) groups is 1. The third-order valence-corrected chi connectivity index (χ3v) is 8.00. The van der Waals surface area contributed by atoms with Crippen molar-refractivity contribution in [1.82, 2.24) is 4.57 Å². The minimum Gasteiger partial charge on any atom is -0.496 e. The number of allylic oxidation sites excluding steroid dienone is 1. The van der Waals surface area contributed by atoms with Crippen molar-refractivity contribution in [1.29, 1.82) is 0 Å². The minimum absolute atomic E-state index is 0.211. The SMILES string of the molecule is CCOc1cc(/C=c2\sc3n(c2=O)[C@@H](c2cc(Cl)ccc2OC)C(C(=O)OC)=C(C)N=3)ccc1OCc1ccc(F)cc1. The van der Waals surface area contributed by atoms with Crippen LogP contribution in [0.4, 0.5) is 4.39 Å². The second-order valence-corrected chi connectivity index (χ2v) is 11.0. The molecule has 0 saturated heterocycles. The summed E-state index contributed by atoms with van der Waals surface area (Å²) in [4.78, 5) is 31.9. The van der Waals surface area contributed by atoms with Crippen LogP contribution in [-0.2, 0) is 16.1 Å². The molecule has 0 aliphatic carbocycles. The highest BCUT2D eigenvalue weighted by Gasteiger charge is 2.35. The molecule has 0 N–H and O–H groups in total. The van der Waals surface area contributed by atoms with Crippen LogP contribution in [0.2, 0.25) is 5.02 Å². The molecule has 222 valence electrons. The maximum atomic E-state index is 14.0. The molecule has 1 aliphatic heterocycles. The zero-order chi connectivity index (χ0) is 30.7. The van der Waals surface area contributed by atoms with Crippen LogP contribution in [0, 0.1) is 5.82 Å². The summed E-state index contributed by atoms with van der Waals surface area (Å²) < 4.78 is 37.6. The Bertz CT molecular complexity index is 1900. The molecule has 3 aromatic carbocycles. The van der Waals surface area contributed by atoms with Crippen molar-refractivity contribution in [2.24, 2.45) is 4.99 Å². The summed E-state index contributed by atoms with van der Waals surface area (Å²) in [7, 11) is 2.79. The number of nitrogens with zero attached hydrogens (tertiary/aromatic N) is 2. The lowest BCUT2D eigenvalue weighted by atomic mass is 9.95. The fraction of sp³-hybridized carbons (Fsp3) is 0.219. The first-order valence-corrected chi connectivity index (χ1v) is 14.5. The van der Waals surface area contributed by atoms with Crippen LogP contribution in [0.15, 0.2) is 81.7 Å². The molecule has 0 amide bonds. The van der Waals surface area contributed by atoms with Gasteiger partial charge in [-0.1, -0.05) is 41.1 Å². The predicted molar refractivity (Wildman–Crippen MR) is 162 cm³/mol. The van der Waals surface area contributed by atoms with Gasteiger partial charge in [-0.2, -0.15) is 0 Å². The van der Waals surface area contributed by atoms with Gasteiger partial charge in [-0.15, -0.1) is 0 Å². The minimum atomic E-state index is -0.874.